The molecule has 222 valence electrons. The lowest BCUT2D eigenvalue weighted by atomic mass is 9.49. The summed E-state index contributed by atoms with van der Waals surface area (Å²) >= 11 is 1.17. The van der Waals surface area contributed by atoms with Gasteiger partial charge in [0.1, 0.15) is 33.4 Å². The number of para-hydroxylation sites is 1. The van der Waals surface area contributed by atoms with Crippen molar-refractivity contribution in [2.75, 3.05) is 42.3 Å². The fourth-order valence-corrected chi connectivity index (χ4v) is 6.53. The highest BCUT2D eigenvalue weighted by atomic mass is 32.2. The van der Waals surface area contributed by atoms with Crippen LogP contribution in [-0.4, -0.2) is 107 Å². The van der Waals surface area contributed by atoms with Crippen LogP contribution in [0.1, 0.15) is 33.0 Å². The van der Waals surface area contributed by atoms with Crippen molar-refractivity contribution in [3.8, 4) is 16.3 Å². The van der Waals surface area contributed by atoms with Gasteiger partial charge in [-0.3, -0.25) is 14.4 Å². The zero-order valence-electron chi connectivity index (χ0n) is 24.3. The topological polar surface area (TPSA) is 173 Å². The van der Waals surface area contributed by atoms with Crippen LogP contribution in [0.2, 0.25) is 0 Å². The molecule has 1 saturated carbocycles. The summed E-state index contributed by atoms with van der Waals surface area (Å²) in [6.07, 6.45) is 3.12. The molecule has 0 unspecified atom stereocenters. The molecule has 3 amide bonds. The Hall–Kier alpha value is -3.92. The minimum Gasteiger partial charge on any atom is -0.494 e. The summed E-state index contributed by atoms with van der Waals surface area (Å²) in [5.74, 6) is -0.423. The number of sulfone groups is 1. The molecule has 3 heterocycles. The highest BCUT2D eigenvalue weighted by Gasteiger charge is 2.31. The van der Waals surface area contributed by atoms with Crippen LogP contribution in [0.4, 0.5) is 17.2 Å². The molecule has 3 N–H and O–H groups in total. The lowest BCUT2D eigenvalue weighted by molar-refractivity contribution is -0.117. The predicted molar refractivity (Wildman–Crippen MR) is 171 cm³/mol. The quantitative estimate of drug-likeness (QED) is 0.247. The maximum absolute atomic E-state index is 13.1. The molecule has 18 heteroatoms. The van der Waals surface area contributed by atoms with E-state index in [2.05, 4.69) is 31.1 Å². The van der Waals surface area contributed by atoms with Crippen molar-refractivity contribution >= 4 is 79.6 Å². The molecule has 0 spiro atoms. The van der Waals surface area contributed by atoms with Crippen molar-refractivity contribution in [3.05, 3.63) is 41.0 Å². The molecule has 2 aliphatic rings. The Morgan fingerprint density at radius 3 is 2.47 bits per heavy atom. The third kappa shape index (κ3) is 7.36. The van der Waals surface area contributed by atoms with Crippen LogP contribution in [0, 0.1) is 5.92 Å². The molecule has 13 nitrogen and oxygen atoms in total. The van der Waals surface area contributed by atoms with Crippen LogP contribution in [0.25, 0.3) is 10.6 Å². The highest BCUT2D eigenvalue weighted by Crippen LogP contribution is 2.40. The zero-order valence-corrected chi connectivity index (χ0v) is 25.9. The average Bonchev–Trinajstić information content (AvgIpc) is 3.68. The van der Waals surface area contributed by atoms with E-state index >= 15 is 0 Å². The summed E-state index contributed by atoms with van der Waals surface area (Å²) in [5.41, 5.74) is 1.41. The molecule has 43 heavy (non-hydrogen) atoms. The molecule has 2 aromatic heterocycles. The molecule has 3 aromatic rings. The van der Waals surface area contributed by atoms with Crippen LogP contribution in [0.5, 0.6) is 5.75 Å². The molecule has 1 saturated heterocycles. The molecule has 5 rings (SSSR count). The summed E-state index contributed by atoms with van der Waals surface area (Å²) in [7, 11) is 3.93. The normalized spacial score (nSPS) is 16.3. The molecule has 0 radical (unpaired) electrons. The van der Waals surface area contributed by atoms with Gasteiger partial charge in [-0.2, -0.15) is 0 Å². The van der Waals surface area contributed by atoms with E-state index in [-0.39, 0.29) is 53.8 Å². The van der Waals surface area contributed by atoms with E-state index in [1.165, 1.54) is 29.5 Å². The SMILES string of the molecule is BC(B)(B)NC(=O)c1nnc(NC(=O)C2CC2)cc1Nc1cccc(-c2ncc(C(=O)N3CCS(=O)(=O)CC3)s2)c1OC. The Kier molecular flexibility index (Phi) is 8.52. The standard InChI is InChI=1S/C25H30B3N7O6S2/c1-41-20-14(23-29-12-17(42-23)24(38)35-7-9-43(39,40)10-8-35)3-2-4-15(20)30-16-11-18(31-21(36)13-5-6-13)33-34-19(16)22(37)32-25(26,27)28/h2-4,11-13H,5-10,26-28H2,1H3,(H,32,37)(H2,30,31,33,36). The zero-order chi connectivity index (χ0) is 30.9. The van der Waals surface area contributed by atoms with Gasteiger partial charge in [0.05, 0.1) is 41.8 Å². The fraction of sp³-hybridized carbons (Fsp3) is 0.360. The van der Waals surface area contributed by atoms with Crippen molar-refractivity contribution < 1.29 is 27.5 Å². The van der Waals surface area contributed by atoms with Crippen molar-refractivity contribution in [1.29, 1.82) is 0 Å². The number of amides is 3. The Labute approximate surface area is 255 Å². The number of nitrogens with zero attached hydrogens (tertiary/aromatic N) is 4. The Balaban J connectivity index is 1.44. The first-order valence-corrected chi connectivity index (χ1v) is 16.4. The number of anilines is 3. The summed E-state index contributed by atoms with van der Waals surface area (Å²) < 4.78 is 29.3. The largest absolute Gasteiger partial charge is 0.494 e. The molecule has 1 aliphatic carbocycles. The van der Waals surface area contributed by atoms with Crippen molar-refractivity contribution in [2.45, 2.75) is 18.1 Å². The predicted octanol–water partition coefficient (Wildman–Crippen LogP) is -1.19. The number of carbonyl (C=O) groups is 3. The Bertz CT molecular complexity index is 1680. The van der Waals surface area contributed by atoms with Crippen LogP contribution in [-0.2, 0) is 14.6 Å². The van der Waals surface area contributed by atoms with Gasteiger partial charge in [-0.25, -0.2) is 13.4 Å². The van der Waals surface area contributed by atoms with E-state index in [1.807, 2.05) is 23.5 Å². The first-order chi connectivity index (χ1) is 20.3. The van der Waals surface area contributed by atoms with E-state index < -0.39 is 21.0 Å². The van der Waals surface area contributed by atoms with E-state index in [1.54, 1.807) is 24.3 Å². The van der Waals surface area contributed by atoms with Gasteiger partial charge in [0.25, 0.3) is 11.8 Å². The van der Waals surface area contributed by atoms with Gasteiger partial charge in [0, 0.05) is 25.1 Å². The lowest BCUT2D eigenvalue weighted by Gasteiger charge is -2.26. The van der Waals surface area contributed by atoms with Crippen LogP contribution in [0.3, 0.4) is 0 Å². The third-order valence-corrected chi connectivity index (χ3v) is 9.39. The molecular weight excluding hydrogens is 591 g/mol. The molecule has 0 bridgehead atoms. The van der Waals surface area contributed by atoms with Gasteiger partial charge in [-0.1, -0.05) is 6.07 Å². The number of rotatable bonds is 9. The van der Waals surface area contributed by atoms with Gasteiger partial charge in [-0.15, -0.1) is 21.5 Å². The van der Waals surface area contributed by atoms with E-state index in [0.29, 0.717) is 32.6 Å². The van der Waals surface area contributed by atoms with Crippen molar-refractivity contribution in [1.82, 2.24) is 25.4 Å². The number of nitrogens with one attached hydrogen (secondary N) is 3. The lowest BCUT2D eigenvalue weighted by Crippen LogP contribution is -2.50. The molecule has 0 atom stereocenters. The summed E-state index contributed by atoms with van der Waals surface area (Å²) in [6.45, 7) is 0.288. The fourth-order valence-electron chi connectivity index (χ4n) is 4.43. The summed E-state index contributed by atoms with van der Waals surface area (Å²) in [6, 6.07) is 6.88. The van der Waals surface area contributed by atoms with E-state index in [4.69, 9.17) is 4.74 Å². The minimum atomic E-state index is -3.12. The summed E-state index contributed by atoms with van der Waals surface area (Å²) in [5, 5.41) is 17.0. The maximum Gasteiger partial charge on any atom is 0.272 e. The number of thiazole rings is 1. The Morgan fingerprint density at radius 2 is 1.81 bits per heavy atom. The van der Waals surface area contributed by atoms with Gasteiger partial charge in [0.15, 0.2) is 27.1 Å². The number of methoxy groups -OCH3 is 1. The van der Waals surface area contributed by atoms with Crippen LogP contribution >= 0.6 is 11.3 Å². The third-order valence-electron chi connectivity index (χ3n) is 6.76. The molecular formula is C25H30B3N7O6S2. The van der Waals surface area contributed by atoms with Crippen LogP contribution < -0.4 is 20.7 Å². The molecule has 2 fully saturated rings. The smallest absolute Gasteiger partial charge is 0.272 e. The number of hydrogen-bond donors (Lipinski definition) is 3. The van der Waals surface area contributed by atoms with Gasteiger partial charge in [-0.05, 0) is 30.2 Å². The van der Waals surface area contributed by atoms with Crippen LogP contribution in [0.15, 0.2) is 30.5 Å². The molecule has 1 aromatic carbocycles. The second kappa shape index (κ2) is 12.0. The van der Waals surface area contributed by atoms with Gasteiger partial charge in [0.2, 0.25) is 5.91 Å². The van der Waals surface area contributed by atoms with Gasteiger partial charge < -0.3 is 25.6 Å². The first-order valence-electron chi connectivity index (χ1n) is 13.7. The summed E-state index contributed by atoms with van der Waals surface area (Å²) in [4.78, 5) is 44.9. The number of hydrogen-bond acceptors (Lipinski definition) is 11. The number of benzene rings is 1. The van der Waals surface area contributed by atoms with E-state index in [9.17, 15) is 22.8 Å². The minimum absolute atomic E-state index is 0.0254. The highest BCUT2D eigenvalue weighted by molar-refractivity contribution is 7.91. The second-order valence-corrected chi connectivity index (χ2v) is 14.8. The number of aromatic nitrogens is 3. The Morgan fingerprint density at radius 1 is 1.09 bits per heavy atom. The molecule has 1 aliphatic heterocycles. The van der Waals surface area contributed by atoms with Gasteiger partial charge >= 0.3 is 0 Å². The second-order valence-electron chi connectivity index (χ2n) is 11.4. The number of ether oxygens (including phenoxy) is 1. The monoisotopic (exact) mass is 621 g/mol. The average molecular weight is 621 g/mol. The number of carbonyl (C=O) groups excluding carboxylic acids is 3. The van der Waals surface area contributed by atoms with Crippen molar-refractivity contribution in [3.63, 3.8) is 0 Å². The van der Waals surface area contributed by atoms with E-state index in [0.717, 1.165) is 12.8 Å². The first kappa shape index (κ1) is 30.5. The van der Waals surface area contributed by atoms with Crippen molar-refractivity contribution in [2.24, 2.45) is 5.92 Å². The maximum atomic E-state index is 13.1.